The molecule has 2 nitrogen and oxygen atoms in total. The average Bonchev–Trinajstić information content (AvgIpc) is 2.71. The van der Waals surface area contributed by atoms with E-state index in [0.717, 1.165) is 12.3 Å². The third-order valence-corrected chi connectivity index (χ3v) is 3.71. The fourth-order valence-corrected chi connectivity index (χ4v) is 2.91. The highest BCUT2D eigenvalue weighted by Crippen LogP contribution is 2.32. The zero-order chi connectivity index (χ0) is 9.80. The van der Waals surface area contributed by atoms with Crippen LogP contribution in [0.3, 0.4) is 0 Å². The molecular formula is C12H22O2. The van der Waals surface area contributed by atoms with E-state index < -0.39 is 0 Å². The van der Waals surface area contributed by atoms with Gasteiger partial charge in [-0.1, -0.05) is 25.7 Å². The first kappa shape index (κ1) is 10.4. The van der Waals surface area contributed by atoms with Gasteiger partial charge in [0.15, 0.2) is 0 Å². The third kappa shape index (κ3) is 2.71. The Morgan fingerprint density at radius 1 is 0.929 bits per heavy atom. The van der Waals surface area contributed by atoms with Gasteiger partial charge in [-0.2, -0.15) is 0 Å². The van der Waals surface area contributed by atoms with E-state index in [1.807, 2.05) is 0 Å². The molecule has 0 amide bonds. The summed E-state index contributed by atoms with van der Waals surface area (Å²) in [5.41, 5.74) is 0. The van der Waals surface area contributed by atoms with Gasteiger partial charge in [0.2, 0.25) is 0 Å². The van der Waals surface area contributed by atoms with Crippen LogP contribution >= 0.6 is 0 Å². The first-order valence-corrected chi connectivity index (χ1v) is 6.15. The van der Waals surface area contributed by atoms with Crippen LogP contribution in [0.25, 0.3) is 0 Å². The van der Waals surface area contributed by atoms with Gasteiger partial charge >= 0.3 is 0 Å². The second-order valence-electron chi connectivity index (χ2n) is 4.88. The monoisotopic (exact) mass is 198 g/mol. The summed E-state index contributed by atoms with van der Waals surface area (Å²) in [6, 6.07) is 0. The van der Waals surface area contributed by atoms with Gasteiger partial charge in [0.1, 0.15) is 0 Å². The maximum absolute atomic E-state index is 9.04. The summed E-state index contributed by atoms with van der Waals surface area (Å²) in [7, 11) is 0. The number of hydrogen-bond acceptors (Lipinski definition) is 2. The van der Waals surface area contributed by atoms with E-state index >= 15 is 0 Å². The Kier molecular flexibility index (Phi) is 3.82. The van der Waals surface area contributed by atoms with Crippen LogP contribution in [0.5, 0.6) is 0 Å². The van der Waals surface area contributed by atoms with Crippen LogP contribution < -0.4 is 0 Å². The van der Waals surface area contributed by atoms with Crippen molar-refractivity contribution in [3.05, 3.63) is 0 Å². The molecule has 0 aromatic rings. The van der Waals surface area contributed by atoms with Crippen molar-refractivity contribution in [2.75, 3.05) is 6.61 Å². The summed E-state index contributed by atoms with van der Waals surface area (Å²) >= 11 is 0. The lowest BCUT2D eigenvalue weighted by atomic mass is 9.94. The van der Waals surface area contributed by atoms with Crippen molar-refractivity contribution in [3.63, 3.8) is 0 Å². The Bertz CT molecular complexity index is 164. The van der Waals surface area contributed by atoms with Crippen LogP contribution in [0.1, 0.15) is 51.4 Å². The topological polar surface area (TPSA) is 29.5 Å². The number of aliphatic hydroxyl groups is 1. The van der Waals surface area contributed by atoms with Crippen molar-refractivity contribution >= 4 is 0 Å². The third-order valence-electron chi connectivity index (χ3n) is 3.71. The van der Waals surface area contributed by atoms with Gasteiger partial charge < -0.3 is 9.84 Å². The van der Waals surface area contributed by atoms with Crippen molar-refractivity contribution < 1.29 is 9.84 Å². The van der Waals surface area contributed by atoms with Crippen LogP contribution in [0, 0.1) is 5.92 Å². The predicted molar refractivity (Wildman–Crippen MR) is 56.2 cm³/mol. The average molecular weight is 198 g/mol. The number of ether oxygens (including phenoxy) is 1. The normalized spacial score (nSPS) is 34.9. The molecule has 0 aromatic carbocycles. The molecule has 1 saturated heterocycles. The molecule has 1 aliphatic carbocycles. The van der Waals surface area contributed by atoms with Crippen LogP contribution in [0.2, 0.25) is 0 Å². The van der Waals surface area contributed by atoms with Crippen LogP contribution in [-0.4, -0.2) is 23.9 Å². The van der Waals surface area contributed by atoms with E-state index in [4.69, 9.17) is 9.84 Å². The molecule has 82 valence electrons. The van der Waals surface area contributed by atoms with E-state index in [0.29, 0.717) is 6.10 Å². The van der Waals surface area contributed by atoms with E-state index in [1.54, 1.807) is 0 Å². The highest BCUT2D eigenvalue weighted by molar-refractivity contribution is 4.76. The minimum Gasteiger partial charge on any atom is -0.394 e. The van der Waals surface area contributed by atoms with Crippen LogP contribution in [0.4, 0.5) is 0 Å². The van der Waals surface area contributed by atoms with Crippen LogP contribution in [-0.2, 0) is 4.74 Å². The molecule has 14 heavy (non-hydrogen) atoms. The Morgan fingerprint density at radius 3 is 2.36 bits per heavy atom. The molecule has 1 aliphatic heterocycles. The zero-order valence-electron chi connectivity index (χ0n) is 8.95. The Labute approximate surface area is 86.6 Å². The molecular weight excluding hydrogens is 176 g/mol. The molecule has 0 bridgehead atoms. The summed E-state index contributed by atoms with van der Waals surface area (Å²) in [6.07, 6.45) is 11.0. The fourth-order valence-electron chi connectivity index (χ4n) is 2.91. The second-order valence-corrected chi connectivity index (χ2v) is 4.88. The molecule has 2 fully saturated rings. The van der Waals surface area contributed by atoms with Gasteiger partial charge in [-0.15, -0.1) is 0 Å². The SMILES string of the molecule is OCC1CCCC(CC2CCCC2)O1. The van der Waals surface area contributed by atoms with Gasteiger partial charge in [-0.25, -0.2) is 0 Å². The van der Waals surface area contributed by atoms with Crippen molar-refractivity contribution in [2.45, 2.75) is 63.6 Å². The summed E-state index contributed by atoms with van der Waals surface area (Å²) in [5, 5.41) is 9.04. The largest absolute Gasteiger partial charge is 0.394 e. The smallest absolute Gasteiger partial charge is 0.0809 e. The Balaban J connectivity index is 1.73. The minimum atomic E-state index is 0.134. The molecule has 2 aliphatic rings. The predicted octanol–water partition coefficient (Wildman–Crippen LogP) is 2.50. The zero-order valence-corrected chi connectivity index (χ0v) is 8.95. The quantitative estimate of drug-likeness (QED) is 0.755. The first-order valence-electron chi connectivity index (χ1n) is 6.15. The maximum Gasteiger partial charge on any atom is 0.0809 e. The molecule has 0 aromatic heterocycles. The minimum absolute atomic E-state index is 0.134. The van der Waals surface area contributed by atoms with E-state index in [2.05, 4.69) is 0 Å². The molecule has 2 atom stereocenters. The summed E-state index contributed by atoms with van der Waals surface area (Å²) in [5.74, 6) is 0.914. The molecule has 1 heterocycles. The van der Waals surface area contributed by atoms with E-state index in [1.165, 1.54) is 44.9 Å². The van der Waals surface area contributed by atoms with Gasteiger partial charge in [-0.05, 0) is 31.6 Å². The van der Waals surface area contributed by atoms with Gasteiger partial charge in [0.25, 0.3) is 0 Å². The van der Waals surface area contributed by atoms with Gasteiger partial charge in [-0.3, -0.25) is 0 Å². The Hall–Kier alpha value is -0.0800. The molecule has 2 heteroatoms. The van der Waals surface area contributed by atoms with Crippen molar-refractivity contribution in [3.8, 4) is 0 Å². The molecule has 2 unspecified atom stereocenters. The van der Waals surface area contributed by atoms with E-state index in [9.17, 15) is 0 Å². The highest BCUT2D eigenvalue weighted by atomic mass is 16.5. The molecule has 0 spiro atoms. The van der Waals surface area contributed by atoms with Gasteiger partial charge in [0, 0.05) is 0 Å². The summed E-state index contributed by atoms with van der Waals surface area (Å²) in [6.45, 7) is 0.209. The van der Waals surface area contributed by atoms with Crippen molar-refractivity contribution in [1.82, 2.24) is 0 Å². The molecule has 1 saturated carbocycles. The molecule has 2 rings (SSSR count). The summed E-state index contributed by atoms with van der Waals surface area (Å²) < 4.78 is 5.85. The lowest BCUT2D eigenvalue weighted by Crippen LogP contribution is -2.31. The van der Waals surface area contributed by atoms with Crippen molar-refractivity contribution in [1.29, 1.82) is 0 Å². The highest BCUT2D eigenvalue weighted by Gasteiger charge is 2.25. The second kappa shape index (κ2) is 5.13. The number of hydrogen-bond donors (Lipinski definition) is 1. The molecule has 0 radical (unpaired) electrons. The lowest BCUT2D eigenvalue weighted by molar-refractivity contribution is -0.0796. The van der Waals surface area contributed by atoms with Gasteiger partial charge in [0.05, 0.1) is 18.8 Å². The van der Waals surface area contributed by atoms with E-state index in [-0.39, 0.29) is 12.7 Å². The Morgan fingerprint density at radius 2 is 1.64 bits per heavy atom. The summed E-state index contributed by atoms with van der Waals surface area (Å²) in [4.78, 5) is 0. The lowest BCUT2D eigenvalue weighted by Gasteiger charge is -2.30. The number of rotatable bonds is 3. The van der Waals surface area contributed by atoms with Crippen molar-refractivity contribution in [2.24, 2.45) is 5.92 Å². The first-order chi connectivity index (χ1) is 6.88. The maximum atomic E-state index is 9.04. The number of aliphatic hydroxyl groups excluding tert-OH is 1. The standard InChI is InChI=1S/C12H22O2/c13-9-12-7-3-6-11(14-12)8-10-4-1-2-5-10/h10-13H,1-9H2. The fraction of sp³-hybridized carbons (Fsp3) is 1.00. The van der Waals surface area contributed by atoms with Crippen LogP contribution in [0.15, 0.2) is 0 Å². The molecule has 1 N–H and O–H groups in total.